The third kappa shape index (κ3) is 8.43. The normalized spacial score (nSPS) is 12.0. The van der Waals surface area contributed by atoms with Gasteiger partial charge in [-0.05, 0) is 24.4 Å². The van der Waals surface area contributed by atoms with Crippen molar-refractivity contribution in [2.24, 2.45) is 5.41 Å². The molecule has 0 aromatic rings. The molecular weight excluding hydrogens is 127 g/mol. The molecule has 0 N–H and O–H groups in total. The minimum Gasteiger partial charge on any atom is -0.138 e. The molecule has 0 radical (unpaired) electrons. The van der Waals surface area contributed by atoms with Crippen LogP contribution in [0.1, 0.15) is 40.0 Å². The van der Waals surface area contributed by atoms with E-state index in [-0.39, 0.29) is 0 Å². The van der Waals surface area contributed by atoms with Crippen LogP contribution in [0.3, 0.4) is 0 Å². The summed E-state index contributed by atoms with van der Waals surface area (Å²) in [5, 5.41) is 0. The minimum absolute atomic E-state index is 0.542. The van der Waals surface area contributed by atoms with Gasteiger partial charge in [-0.1, -0.05) is 27.2 Å². The molecule has 1 heteroatoms. The Hall–Kier alpha value is 0.430. The third-order valence-electron chi connectivity index (χ3n) is 1.38. The molecule has 0 fully saturated rings. The first-order valence-electron chi connectivity index (χ1n) is 3.76. The first kappa shape index (κ1) is 9.43. The highest BCUT2D eigenvalue weighted by Gasteiger charge is 2.07. The molecule has 9 heavy (non-hydrogen) atoms. The molecule has 0 nitrogen and oxygen atoms in total. The molecule has 0 amide bonds. The van der Waals surface area contributed by atoms with E-state index in [4.69, 9.17) is 0 Å². The zero-order chi connectivity index (χ0) is 7.33. The van der Waals surface area contributed by atoms with E-state index in [2.05, 4.69) is 30.0 Å². The number of hydrogen-bond donors (Lipinski definition) is 0. The van der Waals surface area contributed by atoms with Gasteiger partial charge in [0, 0.05) is 0 Å². The van der Waals surface area contributed by atoms with E-state index < -0.39 is 0 Å². The molecule has 0 heterocycles. The number of rotatable bonds is 3. The predicted molar refractivity (Wildman–Crippen MR) is 47.9 cm³/mol. The highest BCUT2D eigenvalue weighted by molar-refractivity contribution is 7.16. The Morgan fingerprint density at radius 1 is 1.11 bits per heavy atom. The highest BCUT2D eigenvalue weighted by Crippen LogP contribution is 2.21. The molecule has 1 atom stereocenters. The maximum absolute atomic E-state index is 2.77. The van der Waals surface area contributed by atoms with Crippen LogP contribution in [0, 0.1) is 5.41 Å². The molecule has 1 unspecified atom stereocenters. The Labute approximate surface area is 61.6 Å². The molecule has 0 spiro atoms. The van der Waals surface area contributed by atoms with Crippen molar-refractivity contribution in [3.05, 3.63) is 0 Å². The van der Waals surface area contributed by atoms with Gasteiger partial charge in [-0.15, -0.1) is 9.24 Å². The molecule has 0 aromatic heterocycles. The predicted octanol–water partition coefficient (Wildman–Crippen LogP) is 3.08. The van der Waals surface area contributed by atoms with Crippen LogP contribution in [-0.4, -0.2) is 6.16 Å². The van der Waals surface area contributed by atoms with Gasteiger partial charge in [0.2, 0.25) is 0 Å². The lowest BCUT2D eigenvalue weighted by molar-refractivity contribution is 0.364. The Balaban J connectivity index is 3.07. The van der Waals surface area contributed by atoms with Crippen LogP contribution in [0.15, 0.2) is 0 Å². The zero-order valence-electron chi connectivity index (χ0n) is 6.91. The van der Waals surface area contributed by atoms with Gasteiger partial charge in [0.1, 0.15) is 0 Å². The van der Waals surface area contributed by atoms with Crippen molar-refractivity contribution >= 4 is 9.24 Å². The van der Waals surface area contributed by atoms with Crippen LogP contribution in [0.4, 0.5) is 0 Å². The number of unbranched alkanes of at least 4 members (excludes halogenated alkanes) is 1. The zero-order valence-corrected chi connectivity index (χ0v) is 8.06. The lowest BCUT2D eigenvalue weighted by atomic mass is 9.90. The molecule has 0 aliphatic heterocycles. The summed E-state index contributed by atoms with van der Waals surface area (Å²) in [6, 6.07) is 0. The van der Waals surface area contributed by atoms with Gasteiger partial charge < -0.3 is 0 Å². The maximum Gasteiger partial charge on any atom is -0.0381 e. The summed E-state index contributed by atoms with van der Waals surface area (Å²) >= 11 is 0. The molecule has 0 aliphatic rings. The summed E-state index contributed by atoms with van der Waals surface area (Å²) < 4.78 is 0. The van der Waals surface area contributed by atoms with Gasteiger partial charge in [-0.2, -0.15) is 0 Å². The maximum atomic E-state index is 2.77. The SMILES string of the molecule is CC(C)(C)CCCCP. The summed E-state index contributed by atoms with van der Waals surface area (Å²) in [6.45, 7) is 6.90. The van der Waals surface area contributed by atoms with Crippen LogP contribution in [0.25, 0.3) is 0 Å². The lowest BCUT2D eigenvalue weighted by Crippen LogP contribution is -2.03. The van der Waals surface area contributed by atoms with E-state index in [1.54, 1.807) is 0 Å². The van der Waals surface area contributed by atoms with Crippen LogP contribution < -0.4 is 0 Å². The van der Waals surface area contributed by atoms with Crippen LogP contribution >= 0.6 is 9.24 Å². The molecular formula is C8H19P. The average molecular weight is 146 g/mol. The van der Waals surface area contributed by atoms with Gasteiger partial charge >= 0.3 is 0 Å². The first-order chi connectivity index (χ1) is 4.06. The molecule has 56 valence electrons. The Kier molecular flexibility index (Phi) is 4.48. The quantitative estimate of drug-likeness (QED) is 0.424. The summed E-state index contributed by atoms with van der Waals surface area (Å²) in [5.41, 5.74) is 0.542. The summed E-state index contributed by atoms with van der Waals surface area (Å²) in [7, 11) is 2.77. The van der Waals surface area contributed by atoms with Crippen molar-refractivity contribution in [3.63, 3.8) is 0 Å². The van der Waals surface area contributed by atoms with Gasteiger partial charge in [-0.3, -0.25) is 0 Å². The van der Waals surface area contributed by atoms with Gasteiger partial charge in [-0.25, -0.2) is 0 Å². The fraction of sp³-hybridized carbons (Fsp3) is 1.00. The summed E-state index contributed by atoms with van der Waals surface area (Å²) in [5.74, 6) is 0. The van der Waals surface area contributed by atoms with Crippen molar-refractivity contribution in [1.82, 2.24) is 0 Å². The van der Waals surface area contributed by atoms with E-state index in [0.717, 1.165) is 0 Å². The van der Waals surface area contributed by atoms with Crippen molar-refractivity contribution in [3.8, 4) is 0 Å². The Morgan fingerprint density at radius 2 is 1.67 bits per heavy atom. The van der Waals surface area contributed by atoms with Crippen LogP contribution in [-0.2, 0) is 0 Å². The first-order valence-corrected chi connectivity index (χ1v) is 4.58. The van der Waals surface area contributed by atoms with Crippen molar-refractivity contribution in [2.75, 3.05) is 6.16 Å². The molecule has 0 aromatic carbocycles. The van der Waals surface area contributed by atoms with Crippen LogP contribution in [0.5, 0.6) is 0 Å². The smallest absolute Gasteiger partial charge is 0.0381 e. The Bertz CT molecular complexity index is 61.5. The topological polar surface area (TPSA) is 0 Å². The second-order valence-corrected chi connectivity index (χ2v) is 4.38. The summed E-state index contributed by atoms with van der Waals surface area (Å²) in [6.07, 6.45) is 5.37. The lowest BCUT2D eigenvalue weighted by Gasteiger charge is -2.16. The molecule has 0 saturated heterocycles. The van der Waals surface area contributed by atoms with Crippen molar-refractivity contribution in [2.45, 2.75) is 40.0 Å². The van der Waals surface area contributed by atoms with Crippen molar-refractivity contribution in [1.29, 1.82) is 0 Å². The Morgan fingerprint density at radius 3 is 2.00 bits per heavy atom. The fourth-order valence-electron chi connectivity index (χ4n) is 0.800. The standard InChI is InChI=1S/C8H19P/c1-8(2,3)6-4-5-7-9/h4-7,9H2,1-3H3. The molecule has 0 rings (SSSR count). The molecule has 0 bridgehead atoms. The monoisotopic (exact) mass is 146 g/mol. The van der Waals surface area contributed by atoms with E-state index in [1.807, 2.05) is 0 Å². The second kappa shape index (κ2) is 4.28. The average Bonchev–Trinajstić information content (AvgIpc) is 1.63. The third-order valence-corrected chi connectivity index (χ3v) is 1.79. The van der Waals surface area contributed by atoms with E-state index in [9.17, 15) is 0 Å². The van der Waals surface area contributed by atoms with E-state index in [1.165, 1.54) is 25.4 Å². The highest BCUT2D eigenvalue weighted by atomic mass is 31.0. The van der Waals surface area contributed by atoms with Crippen LogP contribution in [0.2, 0.25) is 0 Å². The van der Waals surface area contributed by atoms with E-state index in [0.29, 0.717) is 5.41 Å². The van der Waals surface area contributed by atoms with Gasteiger partial charge in [0.15, 0.2) is 0 Å². The fourth-order valence-corrected chi connectivity index (χ4v) is 1.09. The minimum atomic E-state index is 0.542. The van der Waals surface area contributed by atoms with Gasteiger partial charge in [0.05, 0.1) is 0 Å². The molecule has 0 saturated carbocycles. The largest absolute Gasteiger partial charge is 0.138 e. The van der Waals surface area contributed by atoms with Crippen molar-refractivity contribution < 1.29 is 0 Å². The number of hydrogen-bond acceptors (Lipinski definition) is 0. The molecule has 0 aliphatic carbocycles. The van der Waals surface area contributed by atoms with Gasteiger partial charge in [0.25, 0.3) is 0 Å². The second-order valence-electron chi connectivity index (χ2n) is 3.81. The van der Waals surface area contributed by atoms with E-state index >= 15 is 0 Å². The summed E-state index contributed by atoms with van der Waals surface area (Å²) in [4.78, 5) is 0.